The summed E-state index contributed by atoms with van der Waals surface area (Å²) in [6.45, 7) is 1.83. The first-order valence-electron chi connectivity index (χ1n) is 10.5. The van der Waals surface area contributed by atoms with Gasteiger partial charge in [-0.2, -0.15) is 4.98 Å². The SMILES string of the molecule is CC[C@@H](Oc1nc(Oc2cc(NC(=O)OC)cc(-c3cccc(CN)c3)c2)c(F)cc1F)C(=O)O. The maximum absolute atomic E-state index is 14.5. The predicted molar refractivity (Wildman–Crippen MR) is 122 cm³/mol. The number of carbonyl (C=O) groups is 2. The van der Waals surface area contributed by atoms with E-state index in [2.05, 4.69) is 15.0 Å². The van der Waals surface area contributed by atoms with Gasteiger partial charge in [0.1, 0.15) is 5.75 Å². The molecule has 0 spiro atoms. The van der Waals surface area contributed by atoms with E-state index in [0.717, 1.165) is 11.1 Å². The highest BCUT2D eigenvalue weighted by Crippen LogP contribution is 2.33. The Hall–Kier alpha value is -4.25. The van der Waals surface area contributed by atoms with E-state index < -0.39 is 41.6 Å². The van der Waals surface area contributed by atoms with E-state index in [-0.39, 0.29) is 17.9 Å². The topological polar surface area (TPSA) is 133 Å². The van der Waals surface area contributed by atoms with Gasteiger partial charge in [0.05, 0.1) is 7.11 Å². The maximum atomic E-state index is 14.5. The number of carbonyl (C=O) groups excluding carboxylic acids is 1. The summed E-state index contributed by atoms with van der Waals surface area (Å²) in [4.78, 5) is 26.7. The Balaban J connectivity index is 2.02. The van der Waals surface area contributed by atoms with Gasteiger partial charge in [-0.05, 0) is 41.3 Å². The molecule has 1 amide bonds. The molecule has 0 radical (unpaired) electrons. The Kier molecular flexibility index (Phi) is 8.16. The number of methoxy groups -OCH3 is 1. The largest absolute Gasteiger partial charge is 0.479 e. The second kappa shape index (κ2) is 11.3. The van der Waals surface area contributed by atoms with Crippen LogP contribution in [0.1, 0.15) is 18.9 Å². The third-order valence-electron chi connectivity index (χ3n) is 4.81. The Morgan fingerprint density at radius 3 is 2.49 bits per heavy atom. The average molecular weight is 487 g/mol. The first-order valence-corrected chi connectivity index (χ1v) is 10.5. The molecular formula is C24H23F2N3O6. The number of hydrogen-bond donors (Lipinski definition) is 3. The minimum absolute atomic E-state index is 0.0243. The van der Waals surface area contributed by atoms with Crippen LogP contribution in [0.5, 0.6) is 17.5 Å². The summed E-state index contributed by atoms with van der Waals surface area (Å²) in [5, 5.41) is 11.7. The van der Waals surface area contributed by atoms with E-state index in [1.54, 1.807) is 24.3 Å². The molecule has 0 unspecified atom stereocenters. The molecule has 184 valence electrons. The van der Waals surface area contributed by atoms with Gasteiger partial charge in [0.2, 0.25) is 0 Å². The number of nitrogens with zero attached hydrogens (tertiary/aromatic N) is 1. The van der Waals surface area contributed by atoms with Crippen molar-refractivity contribution in [2.75, 3.05) is 12.4 Å². The van der Waals surface area contributed by atoms with Crippen LogP contribution in [0.15, 0.2) is 48.5 Å². The summed E-state index contributed by atoms with van der Waals surface area (Å²) in [5.74, 6) is -4.99. The fraction of sp³-hybridized carbons (Fsp3) is 0.208. The highest BCUT2D eigenvalue weighted by atomic mass is 19.1. The van der Waals surface area contributed by atoms with Gasteiger partial charge in [0.25, 0.3) is 11.8 Å². The molecule has 1 heterocycles. The number of halogens is 2. The fourth-order valence-corrected chi connectivity index (χ4v) is 3.09. The number of rotatable bonds is 9. The monoisotopic (exact) mass is 487 g/mol. The number of benzene rings is 2. The van der Waals surface area contributed by atoms with Crippen molar-refractivity contribution >= 4 is 17.7 Å². The zero-order chi connectivity index (χ0) is 25.5. The Labute approximate surface area is 199 Å². The lowest BCUT2D eigenvalue weighted by atomic mass is 10.0. The van der Waals surface area contributed by atoms with Crippen LogP contribution in [0.4, 0.5) is 19.3 Å². The number of ether oxygens (including phenoxy) is 3. The average Bonchev–Trinajstić information content (AvgIpc) is 2.84. The van der Waals surface area contributed by atoms with Crippen LogP contribution in [-0.4, -0.2) is 35.4 Å². The van der Waals surface area contributed by atoms with E-state index >= 15 is 0 Å². The number of amides is 1. The van der Waals surface area contributed by atoms with E-state index in [9.17, 15) is 18.4 Å². The number of carboxylic acid groups (broad SMARTS) is 1. The van der Waals surface area contributed by atoms with Crippen LogP contribution in [-0.2, 0) is 16.1 Å². The normalized spacial score (nSPS) is 11.5. The van der Waals surface area contributed by atoms with Crippen molar-refractivity contribution in [3.8, 4) is 28.6 Å². The summed E-state index contributed by atoms with van der Waals surface area (Å²) in [6, 6.07) is 12.3. The van der Waals surface area contributed by atoms with Crippen molar-refractivity contribution in [2.45, 2.75) is 26.0 Å². The van der Waals surface area contributed by atoms with Gasteiger partial charge in [-0.1, -0.05) is 25.1 Å². The smallest absolute Gasteiger partial charge is 0.411 e. The Bertz CT molecular complexity index is 1240. The summed E-state index contributed by atoms with van der Waals surface area (Å²) in [7, 11) is 1.20. The third-order valence-corrected chi connectivity index (χ3v) is 4.81. The summed E-state index contributed by atoms with van der Waals surface area (Å²) in [5.41, 5.74) is 8.15. The lowest BCUT2D eigenvalue weighted by Gasteiger charge is -2.15. The lowest BCUT2D eigenvalue weighted by Crippen LogP contribution is -2.26. The molecule has 35 heavy (non-hydrogen) atoms. The highest BCUT2D eigenvalue weighted by Gasteiger charge is 2.22. The van der Waals surface area contributed by atoms with Crippen molar-refractivity contribution < 1.29 is 37.7 Å². The molecule has 1 atom stereocenters. The van der Waals surface area contributed by atoms with Crippen molar-refractivity contribution in [2.24, 2.45) is 5.73 Å². The van der Waals surface area contributed by atoms with Gasteiger partial charge in [-0.25, -0.2) is 18.4 Å². The van der Waals surface area contributed by atoms with E-state index in [1.807, 2.05) is 12.1 Å². The van der Waals surface area contributed by atoms with Crippen molar-refractivity contribution in [1.82, 2.24) is 4.98 Å². The number of aliphatic carboxylic acids is 1. The molecule has 3 aromatic rings. The quantitative estimate of drug-likeness (QED) is 0.396. The zero-order valence-electron chi connectivity index (χ0n) is 18.9. The molecule has 11 heteroatoms. The van der Waals surface area contributed by atoms with E-state index in [4.69, 9.17) is 20.3 Å². The molecule has 4 N–H and O–H groups in total. The van der Waals surface area contributed by atoms with Gasteiger partial charge in [-0.3, -0.25) is 5.32 Å². The predicted octanol–water partition coefficient (Wildman–Crippen LogP) is 4.70. The standard InChI is InChI=1S/C24H23F2N3O6/c1-3-20(23(30)31)35-22-19(26)11-18(25)21(29-22)34-17-9-15(8-16(10-17)28-24(32)33-2)14-6-4-5-13(7-14)12-27/h4-11,20H,3,12,27H2,1-2H3,(H,28,32)(H,30,31)/t20-/m1/s1. The molecule has 0 aliphatic carbocycles. The molecule has 9 nitrogen and oxygen atoms in total. The van der Waals surface area contributed by atoms with Crippen LogP contribution in [0.3, 0.4) is 0 Å². The molecule has 2 aromatic carbocycles. The fourth-order valence-electron chi connectivity index (χ4n) is 3.09. The summed E-state index contributed by atoms with van der Waals surface area (Å²) < 4.78 is 43.9. The first kappa shape index (κ1) is 25.4. The van der Waals surface area contributed by atoms with Crippen LogP contribution in [0, 0.1) is 11.6 Å². The highest BCUT2D eigenvalue weighted by molar-refractivity contribution is 5.86. The summed E-state index contributed by atoms with van der Waals surface area (Å²) >= 11 is 0. The molecule has 0 saturated carbocycles. The zero-order valence-corrected chi connectivity index (χ0v) is 18.9. The first-order chi connectivity index (χ1) is 16.7. The third kappa shape index (κ3) is 6.42. The molecular weight excluding hydrogens is 464 g/mol. The number of aromatic nitrogens is 1. The van der Waals surface area contributed by atoms with Crippen molar-refractivity contribution in [3.05, 3.63) is 65.7 Å². The number of pyridine rings is 1. The molecule has 1 aromatic heterocycles. The van der Waals surface area contributed by atoms with E-state index in [1.165, 1.54) is 20.1 Å². The number of hydrogen-bond acceptors (Lipinski definition) is 7. The van der Waals surface area contributed by atoms with Gasteiger partial charge < -0.3 is 25.1 Å². The lowest BCUT2D eigenvalue weighted by molar-refractivity contribution is -0.145. The van der Waals surface area contributed by atoms with Crippen LogP contribution < -0.4 is 20.5 Å². The number of carboxylic acids is 1. The Morgan fingerprint density at radius 2 is 1.83 bits per heavy atom. The number of nitrogens with two attached hydrogens (primary N) is 1. The van der Waals surface area contributed by atoms with Crippen LogP contribution in [0.2, 0.25) is 0 Å². The minimum Gasteiger partial charge on any atom is -0.479 e. The van der Waals surface area contributed by atoms with Gasteiger partial charge in [0.15, 0.2) is 17.7 Å². The minimum atomic E-state index is -1.38. The van der Waals surface area contributed by atoms with Crippen molar-refractivity contribution in [1.29, 1.82) is 0 Å². The maximum Gasteiger partial charge on any atom is 0.411 e. The molecule has 0 aliphatic heterocycles. The number of nitrogens with one attached hydrogen (secondary N) is 1. The molecule has 0 saturated heterocycles. The second-order valence-electron chi connectivity index (χ2n) is 7.28. The van der Waals surface area contributed by atoms with Gasteiger partial charge in [-0.15, -0.1) is 0 Å². The van der Waals surface area contributed by atoms with Gasteiger partial charge in [0, 0.05) is 24.4 Å². The van der Waals surface area contributed by atoms with E-state index in [0.29, 0.717) is 18.2 Å². The Morgan fingerprint density at radius 1 is 1.09 bits per heavy atom. The molecule has 0 bridgehead atoms. The number of anilines is 1. The van der Waals surface area contributed by atoms with Gasteiger partial charge >= 0.3 is 12.1 Å². The summed E-state index contributed by atoms with van der Waals surface area (Å²) in [6.07, 6.45) is -2.11. The molecule has 3 rings (SSSR count). The molecule has 0 fully saturated rings. The second-order valence-corrected chi connectivity index (χ2v) is 7.28. The van der Waals surface area contributed by atoms with Crippen LogP contribution in [0.25, 0.3) is 11.1 Å². The van der Waals surface area contributed by atoms with Crippen molar-refractivity contribution in [3.63, 3.8) is 0 Å². The molecule has 0 aliphatic rings. The van der Waals surface area contributed by atoms with Crippen LogP contribution >= 0.6 is 0 Å².